The lowest BCUT2D eigenvalue weighted by molar-refractivity contribution is 0.335. The maximum absolute atomic E-state index is 12.5. The summed E-state index contributed by atoms with van der Waals surface area (Å²) in [6, 6.07) is 3.38. The molecule has 3 rings (SSSR count). The predicted octanol–water partition coefficient (Wildman–Crippen LogP) is 1.18. The molecule has 0 bridgehead atoms. The molecule has 2 aromatic heterocycles. The standard InChI is InChI=1S/C13H18N4O3S/c1-16-10-11(8-14-16)9-15-21(18,19)17-6-2-4-12(17)13-5-3-7-20-13/h3,5,7-8,10,12,15H,2,4,6,9H2,1H3. The molecule has 1 aliphatic heterocycles. The van der Waals surface area contributed by atoms with E-state index in [9.17, 15) is 8.42 Å². The lowest BCUT2D eigenvalue weighted by Crippen LogP contribution is -2.39. The van der Waals surface area contributed by atoms with Gasteiger partial charge in [-0.2, -0.15) is 22.5 Å². The van der Waals surface area contributed by atoms with Gasteiger partial charge < -0.3 is 4.42 Å². The highest BCUT2D eigenvalue weighted by molar-refractivity contribution is 7.87. The fourth-order valence-electron chi connectivity index (χ4n) is 2.61. The molecule has 1 saturated heterocycles. The second-order valence-corrected chi connectivity index (χ2v) is 6.84. The van der Waals surface area contributed by atoms with Crippen LogP contribution in [-0.2, 0) is 23.8 Å². The Kier molecular flexibility index (Phi) is 3.83. The summed E-state index contributed by atoms with van der Waals surface area (Å²) in [4.78, 5) is 0. The minimum Gasteiger partial charge on any atom is -0.468 e. The molecule has 8 heteroatoms. The van der Waals surface area contributed by atoms with E-state index in [0.29, 0.717) is 12.3 Å². The normalized spacial score (nSPS) is 20.1. The fourth-order valence-corrected chi connectivity index (χ4v) is 4.04. The van der Waals surface area contributed by atoms with E-state index in [1.807, 2.05) is 6.07 Å². The van der Waals surface area contributed by atoms with Gasteiger partial charge in [0.05, 0.1) is 18.5 Å². The van der Waals surface area contributed by atoms with Crippen LogP contribution in [-0.4, -0.2) is 29.0 Å². The van der Waals surface area contributed by atoms with Gasteiger partial charge in [-0.25, -0.2) is 0 Å². The minimum atomic E-state index is -3.54. The third-order valence-electron chi connectivity index (χ3n) is 3.60. The number of hydrogen-bond donors (Lipinski definition) is 1. The van der Waals surface area contributed by atoms with Crippen LogP contribution in [0, 0.1) is 0 Å². The van der Waals surface area contributed by atoms with Crippen molar-refractivity contribution in [1.29, 1.82) is 0 Å². The van der Waals surface area contributed by atoms with Crippen LogP contribution in [0.5, 0.6) is 0 Å². The van der Waals surface area contributed by atoms with Crippen LogP contribution in [0.25, 0.3) is 0 Å². The van der Waals surface area contributed by atoms with E-state index in [4.69, 9.17) is 4.42 Å². The van der Waals surface area contributed by atoms with Crippen LogP contribution in [0.2, 0.25) is 0 Å². The first-order valence-corrected chi connectivity index (χ1v) is 8.27. The first kappa shape index (κ1) is 14.3. The summed E-state index contributed by atoms with van der Waals surface area (Å²) < 4.78 is 36.0. The van der Waals surface area contributed by atoms with E-state index in [1.54, 1.807) is 36.5 Å². The van der Waals surface area contributed by atoms with E-state index in [1.165, 1.54) is 4.31 Å². The Morgan fingerprint density at radius 2 is 2.38 bits per heavy atom. The zero-order chi connectivity index (χ0) is 14.9. The van der Waals surface area contributed by atoms with Crippen LogP contribution in [0.4, 0.5) is 0 Å². The highest BCUT2D eigenvalue weighted by atomic mass is 32.2. The number of aromatic nitrogens is 2. The number of rotatable bonds is 5. The Bertz CT molecular complexity index is 693. The third kappa shape index (κ3) is 3.02. The lowest BCUT2D eigenvalue weighted by atomic mass is 10.2. The second-order valence-electron chi connectivity index (χ2n) is 5.13. The predicted molar refractivity (Wildman–Crippen MR) is 76.4 cm³/mol. The minimum absolute atomic E-state index is 0.216. The quantitative estimate of drug-likeness (QED) is 0.899. The molecule has 0 saturated carbocycles. The number of nitrogens with zero attached hydrogens (tertiary/aromatic N) is 3. The van der Waals surface area contributed by atoms with Crippen LogP contribution in [0.1, 0.15) is 30.2 Å². The molecule has 0 aromatic carbocycles. The average Bonchev–Trinajstić information content (AvgIpc) is 3.17. The summed E-state index contributed by atoms with van der Waals surface area (Å²) in [6.45, 7) is 0.741. The summed E-state index contributed by atoms with van der Waals surface area (Å²) in [5.74, 6) is 0.694. The van der Waals surface area contributed by atoms with E-state index in [0.717, 1.165) is 18.4 Å². The van der Waals surface area contributed by atoms with Crippen molar-refractivity contribution in [3.05, 3.63) is 42.1 Å². The third-order valence-corrected chi connectivity index (χ3v) is 5.16. The molecule has 114 valence electrons. The molecular formula is C13H18N4O3S. The van der Waals surface area contributed by atoms with Crippen molar-refractivity contribution in [3.8, 4) is 0 Å². The Hall–Kier alpha value is -1.64. The lowest BCUT2D eigenvalue weighted by Gasteiger charge is -2.22. The van der Waals surface area contributed by atoms with Gasteiger partial charge in [0.15, 0.2) is 0 Å². The van der Waals surface area contributed by atoms with Crippen LogP contribution in [0.15, 0.2) is 35.2 Å². The van der Waals surface area contributed by atoms with E-state index < -0.39 is 10.2 Å². The van der Waals surface area contributed by atoms with E-state index in [-0.39, 0.29) is 12.6 Å². The summed E-state index contributed by atoms with van der Waals surface area (Å²) in [7, 11) is -1.74. The Morgan fingerprint density at radius 1 is 1.52 bits per heavy atom. The number of nitrogens with one attached hydrogen (secondary N) is 1. The Labute approximate surface area is 123 Å². The van der Waals surface area contributed by atoms with Crippen molar-refractivity contribution in [2.24, 2.45) is 7.05 Å². The molecule has 1 N–H and O–H groups in total. The molecule has 21 heavy (non-hydrogen) atoms. The van der Waals surface area contributed by atoms with Crippen molar-refractivity contribution in [1.82, 2.24) is 18.8 Å². The van der Waals surface area contributed by atoms with Crippen LogP contribution >= 0.6 is 0 Å². The molecule has 0 amide bonds. The van der Waals surface area contributed by atoms with Gasteiger partial charge in [-0.15, -0.1) is 0 Å². The molecule has 0 aliphatic carbocycles. The van der Waals surface area contributed by atoms with Crippen LogP contribution < -0.4 is 4.72 Å². The van der Waals surface area contributed by atoms with Crippen molar-refractivity contribution in [3.63, 3.8) is 0 Å². The largest absolute Gasteiger partial charge is 0.468 e. The maximum Gasteiger partial charge on any atom is 0.280 e. The van der Waals surface area contributed by atoms with Gasteiger partial charge in [-0.1, -0.05) is 0 Å². The van der Waals surface area contributed by atoms with Gasteiger partial charge in [0, 0.05) is 31.9 Å². The first-order valence-electron chi connectivity index (χ1n) is 6.83. The summed E-state index contributed by atoms with van der Waals surface area (Å²) in [6.07, 6.45) is 6.62. The summed E-state index contributed by atoms with van der Waals surface area (Å²) in [5.41, 5.74) is 0.829. The number of hydrogen-bond acceptors (Lipinski definition) is 4. The molecule has 1 unspecified atom stereocenters. The summed E-state index contributed by atoms with van der Waals surface area (Å²) in [5, 5.41) is 4.02. The number of furan rings is 1. The fraction of sp³-hybridized carbons (Fsp3) is 0.462. The molecule has 1 fully saturated rings. The smallest absolute Gasteiger partial charge is 0.280 e. The molecule has 1 aliphatic rings. The summed E-state index contributed by atoms with van der Waals surface area (Å²) >= 11 is 0. The SMILES string of the molecule is Cn1cc(CNS(=O)(=O)N2CCCC2c2ccco2)cn1. The van der Waals surface area contributed by atoms with Gasteiger partial charge in [-0.3, -0.25) is 4.68 Å². The Balaban J connectivity index is 1.71. The highest BCUT2D eigenvalue weighted by Crippen LogP contribution is 2.33. The molecular weight excluding hydrogens is 292 g/mol. The van der Waals surface area contributed by atoms with Gasteiger partial charge in [0.1, 0.15) is 5.76 Å². The van der Waals surface area contributed by atoms with Crippen LogP contribution in [0.3, 0.4) is 0 Å². The molecule has 7 nitrogen and oxygen atoms in total. The highest BCUT2D eigenvalue weighted by Gasteiger charge is 2.36. The van der Waals surface area contributed by atoms with Crippen molar-refractivity contribution in [2.45, 2.75) is 25.4 Å². The maximum atomic E-state index is 12.5. The van der Waals surface area contributed by atoms with Gasteiger partial charge in [0.25, 0.3) is 10.2 Å². The molecule has 3 heterocycles. The molecule has 0 spiro atoms. The average molecular weight is 310 g/mol. The van der Waals surface area contributed by atoms with Gasteiger partial charge >= 0.3 is 0 Å². The van der Waals surface area contributed by atoms with Gasteiger partial charge in [-0.05, 0) is 25.0 Å². The van der Waals surface area contributed by atoms with E-state index in [2.05, 4.69) is 9.82 Å². The zero-order valence-electron chi connectivity index (χ0n) is 11.8. The zero-order valence-corrected chi connectivity index (χ0v) is 12.6. The Morgan fingerprint density at radius 3 is 3.05 bits per heavy atom. The monoisotopic (exact) mass is 310 g/mol. The van der Waals surface area contributed by atoms with Crippen molar-refractivity contribution < 1.29 is 12.8 Å². The molecule has 2 aromatic rings. The first-order chi connectivity index (χ1) is 10.1. The van der Waals surface area contributed by atoms with Gasteiger partial charge in [0.2, 0.25) is 0 Å². The topological polar surface area (TPSA) is 80.4 Å². The number of aryl methyl sites for hydroxylation is 1. The van der Waals surface area contributed by atoms with E-state index >= 15 is 0 Å². The van der Waals surface area contributed by atoms with Crippen molar-refractivity contribution in [2.75, 3.05) is 6.54 Å². The molecule has 0 radical (unpaired) electrons. The van der Waals surface area contributed by atoms with Crippen molar-refractivity contribution >= 4 is 10.2 Å². The second kappa shape index (κ2) is 5.63. The molecule has 1 atom stereocenters.